The number of ether oxygens (including phenoxy) is 1. The molecule has 0 aliphatic rings. The molecular formula is C15H21ClN2O. The van der Waals surface area contributed by atoms with Gasteiger partial charge in [-0.05, 0) is 25.1 Å². The van der Waals surface area contributed by atoms with Crippen LogP contribution >= 0.6 is 11.6 Å². The molecule has 104 valence electrons. The predicted octanol–water partition coefficient (Wildman–Crippen LogP) is 4.02. The van der Waals surface area contributed by atoms with Crippen molar-refractivity contribution in [2.45, 2.75) is 39.7 Å². The monoisotopic (exact) mass is 280 g/mol. The fourth-order valence-corrected chi connectivity index (χ4v) is 2.36. The largest absolute Gasteiger partial charge is 0.380 e. The summed E-state index contributed by atoms with van der Waals surface area (Å²) in [6.45, 7) is 10.8. The zero-order valence-corrected chi connectivity index (χ0v) is 12.8. The van der Waals surface area contributed by atoms with Gasteiger partial charge in [0.1, 0.15) is 5.82 Å². The van der Waals surface area contributed by atoms with Gasteiger partial charge in [0.05, 0.1) is 17.6 Å². The lowest BCUT2D eigenvalue weighted by Crippen LogP contribution is -2.20. The molecular weight excluding hydrogens is 260 g/mol. The summed E-state index contributed by atoms with van der Waals surface area (Å²) >= 11 is 6.10. The molecule has 19 heavy (non-hydrogen) atoms. The Morgan fingerprint density at radius 1 is 1.32 bits per heavy atom. The van der Waals surface area contributed by atoms with Crippen LogP contribution in [-0.2, 0) is 16.7 Å². The molecule has 2 aromatic rings. The van der Waals surface area contributed by atoms with Gasteiger partial charge in [-0.3, -0.25) is 0 Å². The Morgan fingerprint density at radius 3 is 2.68 bits per heavy atom. The Kier molecular flexibility index (Phi) is 4.16. The third kappa shape index (κ3) is 3.10. The van der Waals surface area contributed by atoms with Crippen LogP contribution in [0.15, 0.2) is 18.2 Å². The number of nitrogens with zero attached hydrogens (tertiary/aromatic N) is 2. The number of hydrogen-bond acceptors (Lipinski definition) is 2. The molecule has 0 saturated heterocycles. The van der Waals surface area contributed by atoms with E-state index in [2.05, 4.69) is 25.3 Å². The Hall–Kier alpha value is -1.06. The van der Waals surface area contributed by atoms with Crippen molar-refractivity contribution in [1.29, 1.82) is 0 Å². The Morgan fingerprint density at radius 2 is 2.05 bits per heavy atom. The van der Waals surface area contributed by atoms with Gasteiger partial charge in [0, 0.05) is 23.6 Å². The lowest BCUT2D eigenvalue weighted by molar-refractivity contribution is 0.138. The minimum Gasteiger partial charge on any atom is -0.380 e. The van der Waals surface area contributed by atoms with Gasteiger partial charge >= 0.3 is 0 Å². The number of aromatic nitrogens is 2. The summed E-state index contributed by atoms with van der Waals surface area (Å²) in [7, 11) is 0. The van der Waals surface area contributed by atoms with Gasteiger partial charge in [0.25, 0.3) is 0 Å². The van der Waals surface area contributed by atoms with Crippen molar-refractivity contribution in [3.63, 3.8) is 0 Å². The first-order valence-electron chi connectivity index (χ1n) is 6.67. The number of benzene rings is 1. The normalized spacial score (nSPS) is 12.3. The van der Waals surface area contributed by atoms with Crippen LogP contribution in [0.25, 0.3) is 11.0 Å². The lowest BCUT2D eigenvalue weighted by Gasteiger charge is -2.20. The topological polar surface area (TPSA) is 27.1 Å². The summed E-state index contributed by atoms with van der Waals surface area (Å²) in [5.74, 6) is 1.07. The van der Waals surface area contributed by atoms with Crippen LogP contribution < -0.4 is 0 Å². The molecule has 0 fully saturated rings. The van der Waals surface area contributed by atoms with E-state index in [1.165, 1.54) is 0 Å². The second-order valence-corrected chi connectivity index (χ2v) is 6.10. The number of hydrogen-bond donors (Lipinski definition) is 0. The first-order valence-corrected chi connectivity index (χ1v) is 7.05. The van der Waals surface area contributed by atoms with Crippen molar-refractivity contribution >= 4 is 22.6 Å². The average Bonchev–Trinajstić information content (AvgIpc) is 2.68. The highest BCUT2D eigenvalue weighted by molar-refractivity contribution is 6.31. The van der Waals surface area contributed by atoms with Gasteiger partial charge in [-0.25, -0.2) is 4.98 Å². The van der Waals surface area contributed by atoms with Crippen molar-refractivity contribution in [3.05, 3.63) is 29.0 Å². The Bertz CT molecular complexity index is 569. The van der Waals surface area contributed by atoms with Crippen LogP contribution in [0.5, 0.6) is 0 Å². The van der Waals surface area contributed by atoms with Crippen molar-refractivity contribution in [2.75, 3.05) is 13.2 Å². The first kappa shape index (κ1) is 14.4. The van der Waals surface area contributed by atoms with Gasteiger partial charge in [-0.15, -0.1) is 0 Å². The molecule has 0 bridgehead atoms. The summed E-state index contributed by atoms with van der Waals surface area (Å²) in [6, 6.07) is 5.84. The summed E-state index contributed by atoms with van der Waals surface area (Å²) in [6.07, 6.45) is 0. The predicted molar refractivity (Wildman–Crippen MR) is 79.9 cm³/mol. The minimum absolute atomic E-state index is 0.00227. The Balaban J connectivity index is 2.50. The van der Waals surface area contributed by atoms with E-state index in [0.717, 1.165) is 35.0 Å². The maximum Gasteiger partial charge on any atom is 0.115 e. The molecule has 1 heterocycles. The zero-order chi connectivity index (χ0) is 14.0. The summed E-state index contributed by atoms with van der Waals surface area (Å²) in [5.41, 5.74) is 2.07. The van der Waals surface area contributed by atoms with Gasteiger partial charge in [0.2, 0.25) is 0 Å². The van der Waals surface area contributed by atoms with Crippen molar-refractivity contribution < 1.29 is 4.74 Å². The van der Waals surface area contributed by atoms with Gasteiger partial charge in [-0.2, -0.15) is 0 Å². The fraction of sp³-hybridized carbons (Fsp3) is 0.533. The Labute approximate surface area is 119 Å². The van der Waals surface area contributed by atoms with E-state index in [1.807, 2.05) is 25.1 Å². The van der Waals surface area contributed by atoms with Gasteiger partial charge in [-0.1, -0.05) is 32.4 Å². The van der Waals surface area contributed by atoms with Gasteiger partial charge < -0.3 is 9.30 Å². The number of fused-ring (bicyclic) bond motifs is 1. The van der Waals surface area contributed by atoms with Crippen LogP contribution in [0, 0.1) is 0 Å². The zero-order valence-electron chi connectivity index (χ0n) is 12.0. The van der Waals surface area contributed by atoms with Crippen LogP contribution in [0.4, 0.5) is 0 Å². The van der Waals surface area contributed by atoms with Crippen LogP contribution in [0.2, 0.25) is 5.02 Å². The molecule has 0 aliphatic heterocycles. The minimum atomic E-state index is -0.00227. The average molecular weight is 281 g/mol. The van der Waals surface area contributed by atoms with E-state index in [-0.39, 0.29) is 5.41 Å². The van der Waals surface area contributed by atoms with Crippen LogP contribution in [-0.4, -0.2) is 22.8 Å². The molecule has 0 radical (unpaired) electrons. The maximum absolute atomic E-state index is 6.10. The quantitative estimate of drug-likeness (QED) is 0.791. The highest BCUT2D eigenvalue weighted by Gasteiger charge is 2.22. The SMILES string of the molecule is CCOCCn1c(C(C)(C)C)nc2ccc(Cl)cc21. The van der Waals surface area contributed by atoms with Crippen molar-refractivity contribution in [3.8, 4) is 0 Å². The molecule has 0 aliphatic carbocycles. The smallest absolute Gasteiger partial charge is 0.115 e. The molecule has 4 heteroatoms. The van der Waals surface area contributed by atoms with Crippen LogP contribution in [0.1, 0.15) is 33.5 Å². The van der Waals surface area contributed by atoms with E-state index in [9.17, 15) is 0 Å². The maximum atomic E-state index is 6.10. The van der Waals surface area contributed by atoms with E-state index in [1.54, 1.807) is 0 Å². The third-order valence-corrected chi connectivity index (χ3v) is 3.28. The second kappa shape index (κ2) is 5.51. The van der Waals surface area contributed by atoms with E-state index in [4.69, 9.17) is 21.3 Å². The molecule has 2 rings (SSSR count). The molecule has 0 amide bonds. The number of rotatable bonds is 4. The molecule has 3 nitrogen and oxygen atoms in total. The lowest BCUT2D eigenvalue weighted by atomic mass is 9.95. The molecule has 0 spiro atoms. The molecule has 0 unspecified atom stereocenters. The van der Waals surface area contributed by atoms with E-state index < -0.39 is 0 Å². The number of halogens is 1. The summed E-state index contributed by atoms with van der Waals surface area (Å²) in [5, 5.41) is 0.741. The van der Waals surface area contributed by atoms with Crippen molar-refractivity contribution in [2.24, 2.45) is 0 Å². The van der Waals surface area contributed by atoms with Gasteiger partial charge in [0.15, 0.2) is 0 Å². The molecule has 1 aromatic heterocycles. The highest BCUT2D eigenvalue weighted by Crippen LogP contribution is 2.27. The highest BCUT2D eigenvalue weighted by atomic mass is 35.5. The molecule has 0 saturated carbocycles. The van der Waals surface area contributed by atoms with Crippen LogP contribution in [0.3, 0.4) is 0 Å². The summed E-state index contributed by atoms with van der Waals surface area (Å²) in [4.78, 5) is 4.75. The van der Waals surface area contributed by atoms with E-state index >= 15 is 0 Å². The summed E-state index contributed by atoms with van der Waals surface area (Å²) < 4.78 is 7.69. The van der Waals surface area contributed by atoms with Crippen molar-refractivity contribution in [1.82, 2.24) is 9.55 Å². The number of imidazole rings is 1. The molecule has 1 aromatic carbocycles. The standard InChI is InChI=1S/C15H21ClN2O/c1-5-19-9-8-18-13-10-11(16)6-7-12(13)17-14(18)15(2,3)4/h6-7,10H,5,8-9H2,1-4H3. The second-order valence-electron chi connectivity index (χ2n) is 5.67. The first-order chi connectivity index (χ1) is 8.93. The third-order valence-electron chi connectivity index (χ3n) is 3.04. The molecule has 0 N–H and O–H groups in total. The fourth-order valence-electron chi connectivity index (χ4n) is 2.19. The van der Waals surface area contributed by atoms with E-state index in [0.29, 0.717) is 6.61 Å². The molecule has 0 atom stereocenters.